The molecule has 27 heavy (non-hydrogen) atoms. The molecule has 6 heteroatoms. The summed E-state index contributed by atoms with van der Waals surface area (Å²) in [4.78, 5) is 9.01. The van der Waals surface area contributed by atoms with Crippen LogP contribution in [-0.2, 0) is 6.42 Å². The zero-order valence-corrected chi connectivity index (χ0v) is 18.8. The minimum atomic E-state index is 0. The number of benzene rings is 2. The Labute approximate surface area is 179 Å². The minimum absolute atomic E-state index is 0. The SMILES string of the molecule is CN=C(NCC(c1ccc(OC)cc1)N(C)C)N1CCc2ccccc21.I. The standard InChI is InChI=1S/C21H28N4O.HI/c1-22-21(25-14-13-16-7-5-6-8-19(16)25)23-15-20(24(2)3)17-9-11-18(26-4)12-10-17;/h5-12,20H,13-15H2,1-4H3,(H,22,23);1H. The molecule has 0 spiro atoms. The van der Waals surface area contributed by atoms with Crippen LogP contribution in [0.4, 0.5) is 5.69 Å². The first kappa shape index (κ1) is 21.5. The van der Waals surface area contributed by atoms with E-state index in [4.69, 9.17) is 4.74 Å². The van der Waals surface area contributed by atoms with Crippen molar-refractivity contribution >= 4 is 35.6 Å². The highest BCUT2D eigenvalue weighted by Crippen LogP contribution is 2.27. The van der Waals surface area contributed by atoms with Crippen LogP contribution in [-0.4, -0.2) is 52.2 Å². The van der Waals surface area contributed by atoms with Crippen LogP contribution >= 0.6 is 24.0 Å². The van der Waals surface area contributed by atoms with Crippen molar-refractivity contribution in [2.45, 2.75) is 12.5 Å². The first-order chi connectivity index (χ1) is 12.6. The van der Waals surface area contributed by atoms with Crippen molar-refractivity contribution in [3.63, 3.8) is 0 Å². The number of para-hydroxylation sites is 1. The number of aliphatic imine (C=N–C) groups is 1. The van der Waals surface area contributed by atoms with Gasteiger partial charge < -0.3 is 19.9 Å². The van der Waals surface area contributed by atoms with Gasteiger partial charge in [0.05, 0.1) is 13.2 Å². The van der Waals surface area contributed by atoms with Gasteiger partial charge in [0.25, 0.3) is 0 Å². The van der Waals surface area contributed by atoms with Crippen molar-refractivity contribution < 1.29 is 4.74 Å². The van der Waals surface area contributed by atoms with E-state index in [0.717, 1.165) is 31.2 Å². The molecule has 0 bridgehead atoms. The molecule has 2 aromatic carbocycles. The number of likely N-dealkylation sites (N-methyl/N-ethyl adjacent to an activating group) is 1. The van der Waals surface area contributed by atoms with Crippen LogP contribution in [0.15, 0.2) is 53.5 Å². The Kier molecular flexibility index (Phi) is 7.91. The van der Waals surface area contributed by atoms with E-state index in [1.165, 1.54) is 16.8 Å². The summed E-state index contributed by atoms with van der Waals surface area (Å²) in [5.74, 6) is 1.80. The third kappa shape index (κ3) is 4.93. The number of rotatable bonds is 5. The predicted molar refractivity (Wildman–Crippen MR) is 124 cm³/mol. The third-order valence-corrected chi connectivity index (χ3v) is 4.93. The quantitative estimate of drug-likeness (QED) is 0.404. The van der Waals surface area contributed by atoms with Gasteiger partial charge in [-0.15, -0.1) is 24.0 Å². The fraction of sp³-hybridized carbons (Fsp3) is 0.381. The van der Waals surface area contributed by atoms with E-state index in [9.17, 15) is 0 Å². The van der Waals surface area contributed by atoms with Gasteiger partial charge in [0.15, 0.2) is 5.96 Å². The lowest BCUT2D eigenvalue weighted by Gasteiger charge is -2.28. The molecule has 0 saturated carbocycles. The average molecular weight is 480 g/mol. The van der Waals surface area contributed by atoms with Crippen molar-refractivity contribution in [2.75, 3.05) is 46.2 Å². The summed E-state index contributed by atoms with van der Waals surface area (Å²) in [6, 6.07) is 17.1. The summed E-state index contributed by atoms with van der Waals surface area (Å²) in [5.41, 5.74) is 3.89. The van der Waals surface area contributed by atoms with Crippen LogP contribution in [0.3, 0.4) is 0 Å². The predicted octanol–water partition coefficient (Wildman–Crippen LogP) is 3.55. The largest absolute Gasteiger partial charge is 0.497 e. The number of guanidine groups is 1. The van der Waals surface area contributed by atoms with Crippen LogP contribution in [0.2, 0.25) is 0 Å². The molecule has 0 saturated heterocycles. The van der Waals surface area contributed by atoms with Gasteiger partial charge >= 0.3 is 0 Å². The Hall–Kier alpha value is -1.80. The lowest BCUT2D eigenvalue weighted by Crippen LogP contribution is -2.44. The first-order valence-electron chi connectivity index (χ1n) is 9.00. The van der Waals surface area contributed by atoms with E-state index < -0.39 is 0 Å². The highest BCUT2D eigenvalue weighted by Gasteiger charge is 2.23. The Morgan fingerprint density at radius 2 is 1.89 bits per heavy atom. The van der Waals surface area contributed by atoms with Gasteiger partial charge in [0.2, 0.25) is 0 Å². The second-order valence-corrected chi connectivity index (χ2v) is 6.71. The Balaban J connectivity index is 0.00000261. The van der Waals surface area contributed by atoms with Crippen LogP contribution in [0.1, 0.15) is 17.2 Å². The number of halogens is 1. The molecule has 1 unspecified atom stereocenters. The second-order valence-electron chi connectivity index (χ2n) is 6.71. The zero-order chi connectivity index (χ0) is 18.5. The summed E-state index contributed by atoms with van der Waals surface area (Å²) in [6.07, 6.45) is 1.06. The van der Waals surface area contributed by atoms with E-state index >= 15 is 0 Å². The maximum absolute atomic E-state index is 5.27. The van der Waals surface area contributed by atoms with Crippen LogP contribution < -0.4 is 15.0 Å². The molecule has 1 aliphatic heterocycles. The van der Waals surface area contributed by atoms with E-state index in [1.54, 1.807) is 7.11 Å². The van der Waals surface area contributed by atoms with Gasteiger partial charge in [0.1, 0.15) is 5.75 Å². The normalized spacial score (nSPS) is 14.6. The smallest absolute Gasteiger partial charge is 0.198 e. The molecule has 2 aromatic rings. The number of hydrogen-bond donors (Lipinski definition) is 1. The maximum Gasteiger partial charge on any atom is 0.198 e. The molecular weight excluding hydrogens is 451 g/mol. The maximum atomic E-state index is 5.27. The number of fused-ring (bicyclic) bond motifs is 1. The van der Waals surface area contributed by atoms with Crippen molar-refractivity contribution in [2.24, 2.45) is 4.99 Å². The van der Waals surface area contributed by atoms with Gasteiger partial charge in [-0.05, 0) is 49.8 Å². The van der Waals surface area contributed by atoms with Crippen molar-refractivity contribution in [3.05, 3.63) is 59.7 Å². The molecule has 5 nitrogen and oxygen atoms in total. The molecule has 1 aliphatic rings. The third-order valence-electron chi connectivity index (χ3n) is 4.93. The summed E-state index contributed by atoms with van der Waals surface area (Å²) in [5, 5.41) is 3.56. The van der Waals surface area contributed by atoms with Crippen molar-refractivity contribution in [1.29, 1.82) is 0 Å². The molecule has 0 radical (unpaired) electrons. The van der Waals surface area contributed by atoms with Crippen molar-refractivity contribution in [1.82, 2.24) is 10.2 Å². The van der Waals surface area contributed by atoms with E-state index in [1.807, 2.05) is 19.2 Å². The summed E-state index contributed by atoms with van der Waals surface area (Å²) in [7, 11) is 7.74. The average Bonchev–Trinajstić information content (AvgIpc) is 3.09. The van der Waals surface area contributed by atoms with E-state index in [-0.39, 0.29) is 30.0 Å². The van der Waals surface area contributed by atoms with Gasteiger partial charge in [-0.2, -0.15) is 0 Å². The molecule has 0 aromatic heterocycles. The molecule has 0 fully saturated rings. The molecule has 146 valence electrons. The highest BCUT2D eigenvalue weighted by molar-refractivity contribution is 14.0. The number of nitrogens with zero attached hydrogens (tertiary/aromatic N) is 3. The molecule has 1 N–H and O–H groups in total. The number of ether oxygens (including phenoxy) is 1. The molecule has 3 rings (SSSR count). The van der Waals surface area contributed by atoms with E-state index in [2.05, 4.69) is 70.6 Å². The Morgan fingerprint density at radius 1 is 1.19 bits per heavy atom. The van der Waals surface area contributed by atoms with Crippen molar-refractivity contribution in [3.8, 4) is 5.75 Å². The number of nitrogens with one attached hydrogen (secondary N) is 1. The first-order valence-corrected chi connectivity index (χ1v) is 9.00. The van der Waals surface area contributed by atoms with E-state index in [0.29, 0.717) is 0 Å². The van der Waals surface area contributed by atoms with Gasteiger partial charge in [-0.25, -0.2) is 0 Å². The minimum Gasteiger partial charge on any atom is -0.497 e. The fourth-order valence-electron chi connectivity index (χ4n) is 3.47. The molecule has 1 atom stereocenters. The monoisotopic (exact) mass is 480 g/mol. The summed E-state index contributed by atoms with van der Waals surface area (Å²) in [6.45, 7) is 1.75. The Bertz CT molecular complexity index is 761. The highest BCUT2D eigenvalue weighted by atomic mass is 127. The zero-order valence-electron chi connectivity index (χ0n) is 16.5. The molecule has 1 heterocycles. The van der Waals surface area contributed by atoms with Gasteiger partial charge in [-0.3, -0.25) is 4.99 Å². The lowest BCUT2D eigenvalue weighted by molar-refractivity contribution is 0.298. The molecule has 0 amide bonds. The topological polar surface area (TPSA) is 40.1 Å². The number of hydrogen-bond acceptors (Lipinski definition) is 3. The summed E-state index contributed by atoms with van der Waals surface area (Å²) < 4.78 is 5.27. The number of methoxy groups -OCH3 is 1. The van der Waals surface area contributed by atoms with Gasteiger partial charge in [0, 0.05) is 25.8 Å². The van der Waals surface area contributed by atoms with Crippen LogP contribution in [0.25, 0.3) is 0 Å². The van der Waals surface area contributed by atoms with Gasteiger partial charge in [-0.1, -0.05) is 30.3 Å². The van der Waals surface area contributed by atoms with Crippen LogP contribution in [0, 0.1) is 0 Å². The Morgan fingerprint density at radius 3 is 2.52 bits per heavy atom. The molecular formula is C21H29IN4O. The summed E-state index contributed by atoms with van der Waals surface area (Å²) >= 11 is 0. The fourth-order valence-corrected chi connectivity index (χ4v) is 3.47. The number of anilines is 1. The lowest BCUT2D eigenvalue weighted by atomic mass is 10.1. The molecule has 0 aliphatic carbocycles. The van der Waals surface area contributed by atoms with Crippen LogP contribution in [0.5, 0.6) is 5.75 Å². The second kappa shape index (κ2) is 9.94.